The molecule has 0 spiro atoms. The zero-order valence-electron chi connectivity index (χ0n) is 17.6. The molecule has 0 aliphatic carbocycles. The van der Waals surface area contributed by atoms with Crippen LogP contribution in [0, 0.1) is 12.8 Å². The summed E-state index contributed by atoms with van der Waals surface area (Å²) in [7, 11) is 0. The van der Waals surface area contributed by atoms with Gasteiger partial charge in [0.2, 0.25) is 5.91 Å². The Hall–Kier alpha value is -2.29. The average Bonchev–Trinajstić information content (AvgIpc) is 3.10. The molecular weight excluding hydrogens is 382 g/mol. The topological polar surface area (TPSA) is 83.6 Å². The summed E-state index contributed by atoms with van der Waals surface area (Å²) in [6.45, 7) is 7.21. The van der Waals surface area contributed by atoms with Crippen LogP contribution in [0.4, 0.5) is 0 Å². The molecule has 0 aromatic carbocycles. The Kier molecular flexibility index (Phi) is 7.09. The van der Waals surface area contributed by atoms with Gasteiger partial charge in [-0.25, -0.2) is 4.98 Å². The molecular formula is C22H31N5O3. The minimum absolute atomic E-state index is 0.0595. The first-order valence-corrected chi connectivity index (χ1v) is 10.7. The van der Waals surface area contributed by atoms with Gasteiger partial charge in [-0.2, -0.15) is 0 Å². The number of aromatic amines is 1. The molecule has 4 heterocycles. The molecule has 0 saturated carbocycles. The second-order valence-corrected chi connectivity index (χ2v) is 8.29. The number of aromatic nitrogens is 3. The van der Waals surface area contributed by atoms with Crippen molar-refractivity contribution in [1.82, 2.24) is 24.8 Å². The summed E-state index contributed by atoms with van der Waals surface area (Å²) in [5.74, 6) is 0.670. The Bertz CT molecular complexity index is 806. The fraction of sp³-hybridized carbons (Fsp3) is 0.591. The highest BCUT2D eigenvalue weighted by Crippen LogP contribution is 2.20. The van der Waals surface area contributed by atoms with Gasteiger partial charge in [0.1, 0.15) is 0 Å². The van der Waals surface area contributed by atoms with E-state index in [0.717, 1.165) is 49.6 Å². The van der Waals surface area contributed by atoms with Gasteiger partial charge < -0.3 is 19.4 Å². The van der Waals surface area contributed by atoms with Gasteiger partial charge in [-0.1, -0.05) is 6.07 Å². The number of amides is 1. The molecule has 2 aromatic heterocycles. The number of ether oxygens (including phenoxy) is 2. The van der Waals surface area contributed by atoms with Crippen molar-refractivity contribution in [1.29, 1.82) is 0 Å². The summed E-state index contributed by atoms with van der Waals surface area (Å²) in [5.41, 5.74) is 3.06. The Morgan fingerprint density at radius 2 is 2.17 bits per heavy atom. The van der Waals surface area contributed by atoms with Crippen LogP contribution in [0.3, 0.4) is 0 Å². The molecule has 8 heteroatoms. The van der Waals surface area contributed by atoms with E-state index in [1.807, 2.05) is 30.2 Å². The summed E-state index contributed by atoms with van der Waals surface area (Å²) in [6.07, 6.45) is 7.26. The number of hydrogen-bond donors (Lipinski definition) is 1. The molecule has 4 rings (SSSR count). The van der Waals surface area contributed by atoms with Crippen LogP contribution in [0.5, 0.6) is 0 Å². The van der Waals surface area contributed by atoms with Gasteiger partial charge in [0, 0.05) is 57.5 Å². The molecule has 1 atom stereocenters. The van der Waals surface area contributed by atoms with Crippen LogP contribution in [0.15, 0.2) is 30.9 Å². The third kappa shape index (κ3) is 5.65. The molecule has 0 radical (unpaired) electrons. The fourth-order valence-electron chi connectivity index (χ4n) is 4.15. The second kappa shape index (κ2) is 10.1. The standard InChI is InChI=1S/C22H31N5O3/c1-17-21(25-16-24-17)13-26-11-20(30-15-19-3-2-6-23-9-19)12-27(22(28)14-26)10-18-4-7-29-8-5-18/h2-3,6,9,16,18,20H,4-5,7-8,10-15H2,1H3,(H,24,25). The lowest BCUT2D eigenvalue weighted by molar-refractivity contribution is -0.133. The molecule has 1 amide bonds. The van der Waals surface area contributed by atoms with Crippen molar-refractivity contribution in [3.63, 3.8) is 0 Å². The van der Waals surface area contributed by atoms with E-state index in [-0.39, 0.29) is 12.0 Å². The zero-order chi connectivity index (χ0) is 20.8. The van der Waals surface area contributed by atoms with Gasteiger partial charge in [-0.15, -0.1) is 0 Å². The molecule has 2 aliphatic rings. The number of rotatable bonds is 7. The second-order valence-electron chi connectivity index (χ2n) is 8.29. The van der Waals surface area contributed by atoms with Crippen molar-refractivity contribution >= 4 is 5.91 Å². The SMILES string of the molecule is Cc1[nH]cnc1CN1CC(=O)N(CC2CCOCC2)CC(OCc2cccnc2)C1. The molecule has 30 heavy (non-hydrogen) atoms. The molecule has 1 unspecified atom stereocenters. The van der Waals surface area contributed by atoms with Crippen LogP contribution in [-0.4, -0.2) is 76.2 Å². The molecule has 8 nitrogen and oxygen atoms in total. The van der Waals surface area contributed by atoms with Gasteiger partial charge in [-0.3, -0.25) is 14.7 Å². The number of H-pyrrole nitrogens is 1. The maximum Gasteiger partial charge on any atom is 0.236 e. The Balaban J connectivity index is 1.44. The van der Waals surface area contributed by atoms with Crippen molar-refractivity contribution in [2.45, 2.75) is 39.0 Å². The lowest BCUT2D eigenvalue weighted by Gasteiger charge is -2.30. The van der Waals surface area contributed by atoms with Crippen LogP contribution in [0.25, 0.3) is 0 Å². The number of hydrogen-bond acceptors (Lipinski definition) is 6. The summed E-state index contributed by atoms with van der Waals surface area (Å²) in [6, 6.07) is 3.93. The third-order valence-electron chi connectivity index (χ3n) is 5.93. The number of nitrogens with one attached hydrogen (secondary N) is 1. The number of aryl methyl sites for hydroxylation is 1. The Labute approximate surface area is 177 Å². The first kappa shape index (κ1) is 21.0. The lowest BCUT2D eigenvalue weighted by Crippen LogP contribution is -2.42. The van der Waals surface area contributed by atoms with Crippen LogP contribution in [-0.2, 0) is 27.4 Å². The van der Waals surface area contributed by atoms with Gasteiger partial charge in [0.25, 0.3) is 0 Å². The van der Waals surface area contributed by atoms with Crippen molar-refractivity contribution in [3.05, 3.63) is 47.8 Å². The first-order valence-electron chi connectivity index (χ1n) is 10.7. The predicted molar refractivity (Wildman–Crippen MR) is 112 cm³/mol. The molecule has 1 N–H and O–H groups in total. The van der Waals surface area contributed by atoms with Gasteiger partial charge in [-0.05, 0) is 37.3 Å². The number of nitrogens with zero attached hydrogens (tertiary/aromatic N) is 4. The van der Waals surface area contributed by atoms with E-state index in [2.05, 4.69) is 19.9 Å². The van der Waals surface area contributed by atoms with E-state index in [1.165, 1.54) is 0 Å². The average molecular weight is 414 g/mol. The van der Waals surface area contributed by atoms with Crippen LogP contribution < -0.4 is 0 Å². The summed E-state index contributed by atoms with van der Waals surface area (Å²) >= 11 is 0. The molecule has 0 bridgehead atoms. The van der Waals surface area contributed by atoms with Gasteiger partial charge >= 0.3 is 0 Å². The van der Waals surface area contributed by atoms with Crippen molar-refractivity contribution < 1.29 is 14.3 Å². The number of pyridine rings is 1. The predicted octanol–water partition coefficient (Wildman–Crippen LogP) is 1.77. The highest BCUT2D eigenvalue weighted by atomic mass is 16.5. The highest BCUT2D eigenvalue weighted by molar-refractivity contribution is 5.78. The van der Waals surface area contributed by atoms with Crippen molar-refractivity contribution in [3.8, 4) is 0 Å². The third-order valence-corrected chi connectivity index (χ3v) is 5.93. The summed E-state index contributed by atoms with van der Waals surface area (Å²) in [4.78, 5) is 28.9. The van der Waals surface area contributed by atoms with Gasteiger partial charge in [0.05, 0.1) is 31.3 Å². The van der Waals surface area contributed by atoms with Crippen LogP contribution >= 0.6 is 0 Å². The van der Waals surface area contributed by atoms with E-state index < -0.39 is 0 Å². The highest BCUT2D eigenvalue weighted by Gasteiger charge is 2.30. The molecule has 2 fully saturated rings. The molecule has 162 valence electrons. The summed E-state index contributed by atoms with van der Waals surface area (Å²) < 4.78 is 11.8. The summed E-state index contributed by atoms with van der Waals surface area (Å²) in [5, 5.41) is 0. The number of carbonyl (C=O) groups excluding carboxylic acids is 1. The Morgan fingerprint density at radius 1 is 1.30 bits per heavy atom. The van der Waals surface area contributed by atoms with Crippen LogP contribution in [0.2, 0.25) is 0 Å². The maximum absolute atomic E-state index is 13.1. The Morgan fingerprint density at radius 3 is 2.90 bits per heavy atom. The minimum atomic E-state index is -0.0595. The normalized spacial score (nSPS) is 21.7. The van der Waals surface area contributed by atoms with E-state index in [1.54, 1.807) is 12.5 Å². The maximum atomic E-state index is 13.1. The number of carbonyl (C=O) groups is 1. The monoisotopic (exact) mass is 413 g/mol. The quantitative estimate of drug-likeness (QED) is 0.745. The molecule has 2 saturated heterocycles. The zero-order valence-corrected chi connectivity index (χ0v) is 17.6. The number of imidazole rings is 1. The minimum Gasteiger partial charge on any atom is -0.381 e. The smallest absolute Gasteiger partial charge is 0.236 e. The van der Waals surface area contributed by atoms with E-state index in [0.29, 0.717) is 38.7 Å². The van der Waals surface area contributed by atoms with Crippen molar-refractivity contribution in [2.75, 3.05) is 39.4 Å². The molecule has 2 aromatic rings. The molecule has 2 aliphatic heterocycles. The van der Waals surface area contributed by atoms with E-state index >= 15 is 0 Å². The van der Waals surface area contributed by atoms with E-state index in [9.17, 15) is 4.79 Å². The van der Waals surface area contributed by atoms with E-state index in [4.69, 9.17) is 9.47 Å². The van der Waals surface area contributed by atoms with Gasteiger partial charge in [0.15, 0.2) is 0 Å². The largest absolute Gasteiger partial charge is 0.381 e. The van der Waals surface area contributed by atoms with Crippen molar-refractivity contribution in [2.24, 2.45) is 5.92 Å². The first-order chi connectivity index (χ1) is 14.7. The fourth-order valence-corrected chi connectivity index (χ4v) is 4.15. The van der Waals surface area contributed by atoms with Crippen LogP contribution in [0.1, 0.15) is 29.8 Å². The lowest BCUT2D eigenvalue weighted by atomic mass is 9.99.